The Balaban J connectivity index is 1.53. The minimum Gasteiger partial charge on any atom is -0.494 e. The molecule has 190 valence electrons. The quantitative estimate of drug-likeness (QED) is 0.417. The number of carbonyl (C=O) groups is 3. The number of fused-ring (bicyclic) bond motifs is 1. The van der Waals surface area contributed by atoms with Crippen LogP contribution < -0.4 is 21.1 Å². The first-order chi connectivity index (χ1) is 16.8. The summed E-state index contributed by atoms with van der Waals surface area (Å²) in [5.41, 5.74) is 6.76. The number of likely N-dealkylation sites (tertiary alicyclic amines) is 1. The van der Waals surface area contributed by atoms with Crippen LogP contribution in [0.5, 0.6) is 5.75 Å². The standard InChI is InChI=1S/C25H34FN5O4/c1-3-16(2)24(33)29-9-4-5-11-35-18-6-7-21-20(13-18)19(8-10-28-21)25(34)30-14-23(32)31-15-17(26)12-22(31)27/h6-8,10,13,16-17,22H,3-5,9,11-12,14-15,27H2,1-2H3,(H,29,33)(H,30,34). The SMILES string of the molecule is CCC(C)C(=O)NCCCCOc1ccc2nccc(C(=O)NCC(=O)N3CC(F)CC3N)c2c1. The molecule has 0 saturated carbocycles. The van der Waals surface area contributed by atoms with E-state index >= 15 is 0 Å². The lowest BCUT2D eigenvalue weighted by molar-refractivity contribution is -0.131. The number of nitrogens with one attached hydrogen (secondary N) is 2. The highest BCUT2D eigenvalue weighted by molar-refractivity contribution is 6.07. The van der Waals surface area contributed by atoms with Crippen molar-refractivity contribution in [2.24, 2.45) is 11.7 Å². The van der Waals surface area contributed by atoms with Gasteiger partial charge < -0.3 is 26.0 Å². The number of ether oxygens (including phenoxy) is 1. The molecule has 0 spiro atoms. The number of rotatable bonds is 11. The van der Waals surface area contributed by atoms with Crippen molar-refractivity contribution in [3.8, 4) is 5.75 Å². The minimum atomic E-state index is -1.14. The number of hydrogen-bond acceptors (Lipinski definition) is 6. The van der Waals surface area contributed by atoms with E-state index in [4.69, 9.17) is 10.5 Å². The van der Waals surface area contributed by atoms with E-state index in [1.807, 2.05) is 13.8 Å². The predicted octanol–water partition coefficient (Wildman–Crippen LogP) is 2.14. The van der Waals surface area contributed by atoms with E-state index in [0.29, 0.717) is 35.4 Å². The van der Waals surface area contributed by atoms with Crippen molar-refractivity contribution in [1.82, 2.24) is 20.5 Å². The van der Waals surface area contributed by atoms with Gasteiger partial charge in [0.2, 0.25) is 11.8 Å². The highest BCUT2D eigenvalue weighted by Crippen LogP contribution is 2.23. The molecule has 10 heteroatoms. The first kappa shape index (κ1) is 26.3. The Bertz CT molecular complexity index is 1050. The van der Waals surface area contributed by atoms with Crippen LogP contribution in [0.2, 0.25) is 0 Å². The highest BCUT2D eigenvalue weighted by Gasteiger charge is 2.32. The number of benzene rings is 1. The van der Waals surface area contributed by atoms with E-state index in [1.54, 1.807) is 24.3 Å². The lowest BCUT2D eigenvalue weighted by Crippen LogP contribution is -2.46. The minimum absolute atomic E-state index is 0.0160. The van der Waals surface area contributed by atoms with Crippen molar-refractivity contribution < 1.29 is 23.5 Å². The number of unbranched alkanes of at least 4 members (excludes halogenated alkanes) is 1. The molecule has 1 aromatic heterocycles. The summed E-state index contributed by atoms with van der Waals surface area (Å²) in [7, 11) is 0. The number of aromatic nitrogens is 1. The average molecular weight is 488 g/mol. The van der Waals surface area contributed by atoms with E-state index in [1.165, 1.54) is 11.1 Å². The van der Waals surface area contributed by atoms with Gasteiger partial charge in [0, 0.05) is 30.5 Å². The van der Waals surface area contributed by atoms with Gasteiger partial charge in [-0.3, -0.25) is 19.4 Å². The second-order valence-corrected chi connectivity index (χ2v) is 8.82. The maximum absolute atomic E-state index is 13.5. The number of alkyl halides is 1. The summed E-state index contributed by atoms with van der Waals surface area (Å²) in [4.78, 5) is 42.5. The third kappa shape index (κ3) is 7.11. The number of nitrogens with two attached hydrogens (primary N) is 1. The zero-order chi connectivity index (χ0) is 25.4. The van der Waals surface area contributed by atoms with Crippen LogP contribution in [0.15, 0.2) is 30.5 Å². The first-order valence-electron chi connectivity index (χ1n) is 12.1. The molecule has 1 saturated heterocycles. The molecule has 35 heavy (non-hydrogen) atoms. The summed E-state index contributed by atoms with van der Waals surface area (Å²) in [5, 5.41) is 6.11. The molecular weight excluding hydrogens is 453 g/mol. The van der Waals surface area contributed by atoms with Gasteiger partial charge >= 0.3 is 0 Å². The molecular formula is C25H34FN5O4. The van der Waals surface area contributed by atoms with Gasteiger partial charge in [-0.05, 0) is 43.5 Å². The van der Waals surface area contributed by atoms with Crippen LogP contribution in [0, 0.1) is 5.92 Å². The lowest BCUT2D eigenvalue weighted by Gasteiger charge is -2.21. The number of amides is 3. The Morgan fingerprint density at radius 1 is 1.26 bits per heavy atom. The Labute approximate surface area is 204 Å². The third-order valence-electron chi connectivity index (χ3n) is 6.17. The number of halogens is 1. The van der Waals surface area contributed by atoms with Gasteiger partial charge in [-0.1, -0.05) is 13.8 Å². The van der Waals surface area contributed by atoms with E-state index in [2.05, 4.69) is 15.6 Å². The van der Waals surface area contributed by atoms with E-state index < -0.39 is 24.2 Å². The molecule has 0 bridgehead atoms. The largest absolute Gasteiger partial charge is 0.494 e. The van der Waals surface area contributed by atoms with Crippen LogP contribution in [0.3, 0.4) is 0 Å². The molecule has 0 radical (unpaired) electrons. The van der Waals surface area contributed by atoms with Gasteiger partial charge in [0.15, 0.2) is 0 Å². The average Bonchev–Trinajstić information content (AvgIpc) is 3.20. The monoisotopic (exact) mass is 487 g/mol. The fraction of sp³-hybridized carbons (Fsp3) is 0.520. The van der Waals surface area contributed by atoms with Gasteiger partial charge in [-0.15, -0.1) is 0 Å². The molecule has 3 amide bonds. The molecule has 1 fully saturated rings. The topological polar surface area (TPSA) is 127 Å². The Morgan fingerprint density at radius 2 is 2.06 bits per heavy atom. The smallest absolute Gasteiger partial charge is 0.252 e. The number of hydrogen-bond donors (Lipinski definition) is 3. The second kappa shape index (κ2) is 12.4. The van der Waals surface area contributed by atoms with Crippen LogP contribution in [-0.4, -0.2) is 66.2 Å². The van der Waals surface area contributed by atoms with Crippen molar-refractivity contribution in [2.45, 2.75) is 51.9 Å². The number of pyridine rings is 1. The summed E-state index contributed by atoms with van der Waals surface area (Å²) < 4.78 is 19.3. The highest BCUT2D eigenvalue weighted by atomic mass is 19.1. The predicted molar refractivity (Wildman–Crippen MR) is 130 cm³/mol. The molecule has 2 heterocycles. The normalized spacial score (nSPS) is 18.3. The molecule has 1 aliphatic heterocycles. The third-order valence-corrected chi connectivity index (χ3v) is 6.17. The van der Waals surface area contributed by atoms with Crippen molar-refractivity contribution in [3.05, 3.63) is 36.0 Å². The van der Waals surface area contributed by atoms with Gasteiger partial charge in [0.1, 0.15) is 11.9 Å². The molecule has 4 N–H and O–H groups in total. The number of carbonyl (C=O) groups excluding carboxylic acids is 3. The Hall–Kier alpha value is -3.27. The van der Waals surface area contributed by atoms with Crippen LogP contribution in [0.4, 0.5) is 4.39 Å². The van der Waals surface area contributed by atoms with Crippen molar-refractivity contribution in [2.75, 3.05) is 26.2 Å². The Kier molecular flexibility index (Phi) is 9.36. The van der Waals surface area contributed by atoms with Gasteiger partial charge in [0.25, 0.3) is 5.91 Å². The summed E-state index contributed by atoms with van der Waals surface area (Å²) in [6, 6.07) is 6.87. The van der Waals surface area contributed by atoms with Crippen molar-refractivity contribution in [1.29, 1.82) is 0 Å². The summed E-state index contributed by atoms with van der Waals surface area (Å²) >= 11 is 0. The summed E-state index contributed by atoms with van der Waals surface area (Å²) in [5.74, 6) is -0.186. The van der Waals surface area contributed by atoms with Crippen LogP contribution >= 0.6 is 0 Å². The number of nitrogens with zero attached hydrogens (tertiary/aromatic N) is 2. The maximum atomic E-state index is 13.5. The van der Waals surface area contributed by atoms with E-state index in [0.717, 1.165) is 19.3 Å². The molecule has 3 atom stereocenters. The van der Waals surface area contributed by atoms with Crippen LogP contribution in [0.25, 0.3) is 10.9 Å². The van der Waals surface area contributed by atoms with E-state index in [9.17, 15) is 18.8 Å². The van der Waals surface area contributed by atoms with Gasteiger partial charge in [-0.25, -0.2) is 4.39 Å². The molecule has 3 unspecified atom stereocenters. The zero-order valence-electron chi connectivity index (χ0n) is 20.3. The molecule has 2 aromatic rings. The first-order valence-corrected chi connectivity index (χ1v) is 12.1. The maximum Gasteiger partial charge on any atom is 0.252 e. The molecule has 3 rings (SSSR count). The zero-order valence-corrected chi connectivity index (χ0v) is 20.3. The van der Waals surface area contributed by atoms with Crippen molar-refractivity contribution in [3.63, 3.8) is 0 Å². The van der Waals surface area contributed by atoms with Crippen molar-refractivity contribution >= 4 is 28.6 Å². The summed E-state index contributed by atoms with van der Waals surface area (Å²) in [6.07, 6.45) is 2.18. The summed E-state index contributed by atoms with van der Waals surface area (Å²) in [6.45, 7) is 4.63. The Morgan fingerprint density at radius 3 is 2.77 bits per heavy atom. The molecule has 1 aromatic carbocycles. The van der Waals surface area contributed by atoms with Gasteiger partial charge in [-0.2, -0.15) is 0 Å². The fourth-order valence-electron chi connectivity index (χ4n) is 3.85. The van der Waals surface area contributed by atoms with Crippen LogP contribution in [0.1, 0.15) is 49.9 Å². The van der Waals surface area contributed by atoms with Crippen LogP contribution in [-0.2, 0) is 9.59 Å². The lowest BCUT2D eigenvalue weighted by atomic mass is 10.1. The fourth-order valence-corrected chi connectivity index (χ4v) is 3.85. The molecule has 1 aliphatic rings. The van der Waals surface area contributed by atoms with E-state index in [-0.39, 0.29) is 31.3 Å². The molecule has 0 aliphatic carbocycles. The second-order valence-electron chi connectivity index (χ2n) is 8.82. The van der Waals surface area contributed by atoms with Gasteiger partial charge in [0.05, 0.1) is 36.9 Å². The molecule has 9 nitrogen and oxygen atoms in total.